The summed E-state index contributed by atoms with van der Waals surface area (Å²) in [5.74, 6) is -0.0709. The number of fused-ring (bicyclic) bond motifs is 1. The minimum absolute atomic E-state index is 0.0709. The normalized spacial score (nSPS) is 15.6. The Hall–Kier alpha value is -2.07. The van der Waals surface area contributed by atoms with E-state index in [2.05, 4.69) is 53.3 Å². The number of hydrogen-bond acceptors (Lipinski definition) is 3. The number of ether oxygens (including phenoxy) is 1. The summed E-state index contributed by atoms with van der Waals surface area (Å²) in [5, 5.41) is 0. The Morgan fingerprint density at radius 1 is 1.20 bits per heavy atom. The maximum atomic E-state index is 12.1. The molecule has 0 aliphatic carbocycles. The molecular weight excluding hydrogens is 372 g/mol. The van der Waals surface area contributed by atoms with Crippen LogP contribution in [0.1, 0.15) is 81.3 Å². The Labute approximate surface area is 182 Å². The molecule has 164 valence electrons. The fraction of sp³-hybridized carbons (Fsp3) is 0.577. The molecule has 4 nitrogen and oxygen atoms in total. The number of carbonyl (C=O) groups is 1. The van der Waals surface area contributed by atoms with Crippen molar-refractivity contribution in [3.05, 3.63) is 58.9 Å². The number of nitrogens with one attached hydrogen (secondary N) is 1. The molecule has 1 aliphatic rings. The van der Waals surface area contributed by atoms with E-state index in [1.54, 1.807) is 0 Å². The number of unbranched alkanes of at least 4 members (excludes halogenated alkanes) is 2. The first-order valence-corrected chi connectivity index (χ1v) is 11.5. The number of hydrogen-bond donors (Lipinski definition) is 1. The van der Waals surface area contributed by atoms with Crippen LogP contribution in [0.3, 0.4) is 0 Å². The average Bonchev–Trinajstić information content (AvgIpc) is 3.19. The van der Waals surface area contributed by atoms with Gasteiger partial charge in [0.1, 0.15) is 0 Å². The second-order valence-corrected chi connectivity index (χ2v) is 9.28. The van der Waals surface area contributed by atoms with Gasteiger partial charge in [-0.25, -0.2) is 0 Å². The fourth-order valence-electron chi connectivity index (χ4n) is 4.64. The van der Waals surface area contributed by atoms with Crippen molar-refractivity contribution in [2.24, 2.45) is 5.41 Å². The summed E-state index contributed by atoms with van der Waals surface area (Å²) in [5.41, 5.74) is 5.30. The predicted octanol–water partition coefficient (Wildman–Crippen LogP) is 5.96. The number of benzene rings is 1. The van der Waals surface area contributed by atoms with E-state index in [4.69, 9.17) is 4.74 Å². The van der Waals surface area contributed by atoms with Crippen molar-refractivity contribution in [3.63, 3.8) is 0 Å². The topological polar surface area (TPSA) is 45.3 Å². The largest absolute Gasteiger partial charge is 0.466 e. The van der Waals surface area contributed by atoms with Gasteiger partial charge >= 0.3 is 5.97 Å². The molecule has 0 saturated heterocycles. The van der Waals surface area contributed by atoms with Crippen molar-refractivity contribution in [3.8, 4) is 0 Å². The summed E-state index contributed by atoms with van der Waals surface area (Å²) in [6.45, 7) is 10.7. The van der Waals surface area contributed by atoms with E-state index >= 15 is 0 Å². The number of aryl methyl sites for hydroxylation is 1. The van der Waals surface area contributed by atoms with E-state index in [0.717, 1.165) is 45.2 Å². The van der Waals surface area contributed by atoms with Crippen molar-refractivity contribution in [2.45, 2.75) is 78.8 Å². The molecule has 0 bridgehead atoms. The fourth-order valence-corrected chi connectivity index (χ4v) is 4.64. The highest BCUT2D eigenvalue weighted by atomic mass is 16.5. The Morgan fingerprint density at radius 2 is 2.00 bits per heavy atom. The van der Waals surface area contributed by atoms with Crippen LogP contribution in [0.4, 0.5) is 0 Å². The summed E-state index contributed by atoms with van der Waals surface area (Å²) in [6.07, 6.45) is 8.60. The number of carbonyl (C=O) groups excluding carboxylic acids is 1. The average molecular weight is 411 g/mol. The molecule has 3 rings (SSSR count). The lowest BCUT2D eigenvalue weighted by molar-refractivity contribution is -0.153. The minimum atomic E-state index is -0.386. The number of nitrogens with zero attached hydrogens (tertiary/aromatic N) is 1. The van der Waals surface area contributed by atoms with Crippen LogP contribution in [-0.4, -0.2) is 29.0 Å². The van der Waals surface area contributed by atoms with E-state index < -0.39 is 0 Å². The monoisotopic (exact) mass is 410 g/mol. The quantitative estimate of drug-likeness (QED) is 0.388. The molecule has 1 aromatic heterocycles. The van der Waals surface area contributed by atoms with Gasteiger partial charge in [0.05, 0.1) is 12.0 Å². The van der Waals surface area contributed by atoms with E-state index in [1.165, 1.54) is 28.8 Å². The summed E-state index contributed by atoms with van der Waals surface area (Å²) < 4.78 is 5.23. The molecule has 0 amide bonds. The van der Waals surface area contributed by atoms with Crippen molar-refractivity contribution >= 4 is 5.97 Å². The van der Waals surface area contributed by atoms with Crippen LogP contribution in [0.2, 0.25) is 0 Å². The standard InChI is InChI=1S/C26H38N2O2/c1-5-30-25(29)26(3,4)16-10-6-7-13-24(22-12-9-8-11-20(22)2)28-18-15-23-21(19-28)14-17-27-23/h8-9,11-12,14,17,24,27H,5-7,10,13,15-16,18-19H2,1-4H3. The Balaban J connectivity index is 1.59. The Morgan fingerprint density at radius 3 is 2.77 bits per heavy atom. The molecule has 1 unspecified atom stereocenters. The van der Waals surface area contributed by atoms with Crippen LogP contribution >= 0.6 is 0 Å². The molecule has 30 heavy (non-hydrogen) atoms. The number of H-pyrrole nitrogens is 1. The highest BCUT2D eigenvalue weighted by Gasteiger charge is 2.29. The van der Waals surface area contributed by atoms with Crippen molar-refractivity contribution in [1.29, 1.82) is 0 Å². The summed E-state index contributed by atoms with van der Waals surface area (Å²) in [7, 11) is 0. The lowest BCUT2D eigenvalue weighted by Crippen LogP contribution is -2.34. The molecule has 4 heteroatoms. The van der Waals surface area contributed by atoms with E-state index in [9.17, 15) is 4.79 Å². The maximum absolute atomic E-state index is 12.1. The van der Waals surface area contributed by atoms with Gasteiger partial charge in [0.2, 0.25) is 0 Å². The first kappa shape index (κ1) is 22.6. The second kappa shape index (κ2) is 10.3. The van der Waals surface area contributed by atoms with Crippen LogP contribution in [0.5, 0.6) is 0 Å². The predicted molar refractivity (Wildman–Crippen MR) is 122 cm³/mol. The summed E-state index contributed by atoms with van der Waals surface area (Å²) >= 11 is 0. The van der Waals surface area contributed by atoms with Crippen LogP contribution < -0.4 is 0 Å². The van der Waals surface area contributed by atoms with Gasteiger partial charge in [0.15, 0.2) is 0 Å². The third-order valence-corrected chi connectivity index (χ3v) is 6.55. The van der Waals surface area contributed by atoms with Gasteiger partial charge in [0, 0.05) is 37.4 Å². The first-order chi connectivity index (χ1) is 14.4. The molecule has 1 N–H and O–H groups in total. The molecule has 0 spiro atoms. The molecule has 0 fully saturated rings. The van der Waals surface area contributed by atoms with Crippen LogP contribution in [0.15, 0.2) is 36.5 Å². The lowest BCUT2D eigenvalue weighted by atomic mass is 9.86. The van der Waals surface area contributed by atoms with Crippen molar-refractivity contribution < 1.29 is 9.53 Å². The van der Waals surface area contributed by atoms with Gasteiger partial charge in [-0.3, -0.25) is 9.69 Å². The molecule has 1 aromatic carbocycles. The van der Waals surface area contributed by atoms with Crippen LogP contribution in [-0.2, 0) is 22.5 Å². The lowest BCUT2D eigenvalue weighted by Gasteiger charge is -2.36. The maximum Gasteiger partial charge on any atom is 0.311 e. The van der Waals surface area contributed by atoms with Crippen molar-refractivity contribution in [2.75, 3.05) is 13.2 Å². The van der Waals surface area contributed by atoms with Gasteiger partial charge in [-0.1, -0.05) is 43.5 Å². The number of aromatic nitrogens is 1. The molecular formula is C26H38N2O2. The number of aromatic amines is 1. The zero-order chi connectivity index (χ0) is 21.6. The number of rotatable bonds is 10. The van der Waals surface area contributed by atoms with Gasteiger partial charge < -0.3 is 9.72 Å². The van der Waals surface area contributed by atoms with Crippen LogP contribution in [0.25, 0.3) is 0 Å². The molecule has 0 radical (unpaired) electrons. The Kier molecular flexibility index (Phi) is 7.76. The van der Waals surface area contributed by atoms with E-state index in [1.807, 2.05) is 20.8 Å². The van der Waals surface area contributed by atoms with Gasteiger partial charge in [0.25, 0.3) is 0 Å². The molecule has 2 heterocycles. The summed E-state index contributed by atoms with van der Waals surface area (Å²) in [6, 6.07) is 11.5. The third-order valence-electron chi connectivity index (χ3n) is 6.55. The molecule has 1 aliphatic heterocycles. The zero-order valence-electron chi connectivity index (χ0n) is 19.2. The number of esters is 1. The SMILES string of the molecule is CCOC(=O)C(C)(C)CCCCCC(c1ccccc1C)N1CCc2[nH]ccc2C1. The van der Waals surface area contributed by atoms with Crippen molar-refractivity contribution in [1.82, 2.24) is 9.88 Å². The second-order valence-electron chi connectivity index (χ2n) is 9.28. The van der Waals surface area contributed by atoms with Crippen LogP contribution in [0, 0.1) is 12.3 Å². The van der Waals surface area contributed by atoms with Gasteiger partial charge in [-0.2, -0.15) is 0 Å². The highest BCUT2D eigenvalue weighted by molar-refractivity contribution is 5.75. The third kappa shape index (κ3) is 5.54. The van der Waals surface area contributed by atoms with Gasteiger partial charge in [-0.05, 0) is 63.3 Å². The molecule has 1 atom stereocenters. The van der Waals surface area contributed by atoms with E-state index in [-0.39, 0.29) is 11.4 Å². The highest BCUT2D eigenvalue weighted by Crippen LogP contribution is 2.34. The smallest absolute Gasteiger partial charge is 0.311 e. The molecule has 2 aromatic rings. The first-order valence-electron chi connectivity index (χ1n) is 11.5. The molecule has 0 saturated carbocycles. The van der Waals surface area contributed by atoms with Gasteiger partial charge in [-0.15, -0.1) is 0 Å². The van der Waals surface area contributed by atoms with E-state index in [0.29, 0.717) is 12.6 Å². The Bertz CT molecular complexity index is 824. The summed E-state index contributed by atoms with van der Waals surface area (Å²) in [4.78, 5) is 18.2. The minimum Gasteiger partial charge on any atom is -0.466 e. The zero-order valence-corrected chi connectivity index (χ0v) is 19.2.